The van der Waals surface area contributed by atoms with Gasteiger partial charge >= 0.3 is 0 Å². The van der Waals surface area contributed by atoms with Crippen LogP contribution in [0.1, 0.15) is 36.2 Å². The van der Waals surface area contributed by atoms with E-state index in [0.717, 1.165) is 43.6 Å². The Balaban J connectivity index is 1.23. The van der Waals surface area contributed by atoms with Crippen LogP contribution in [0.3, 0.4) is 0 Å². The topological polar surface area (TPSA) is 42.6 Å². The van der Waals surface area contributed by atoms with Gasteiger partial charge in [0.05, 0.1) is 0 Å². The van der Waals surface area contributed by atoms with Crippen LogP contribution in [0.2, 0.25) is 0 Å². The minimum atomic E-state index is 0.133. The average molecular weight is 354 g/mol. The number of aromatic amines is 1. The molecule has 26 heavy (non-hydrogen) atoms. The summed E-state index contributed by atoms with van der Waals surface area (Å²) in [5.41, 5.74) is 1.75. The molecule has 2 aromatic rings. The van der Waals surface area contributed by atoms with Crippen molar-refractivity contribution >= 4 is 16.8 Å². The Morgan fingerprint density at radius 3 is 2.31 bits per heavy atom. The maximum atomic E-state index is 12.8. The molecule has 1 aromatic carbocycles. The van der Waals surface area contributed by atoms with Crippen LogP contribution < -0.4 is 0 Å². The lowest BCUT2D eigenvalue weighted by molar-refractivity contribution is 0.0626. The molecule has 0 spiro atoms. The number of likely N-dealkylation sites (tertiary alicyclic amines) is 1. The zero-order valence-electron chi connectivity index (χ0n) is 15.6. The Labute approximate surface area is 155 Å². The molecular weight excluding hydrogens is 324 g/mol. The largest absolute Gasteiger partial charge is 0.351 e. The summed E-state index contributed by atoms with van der Waals surface area (Å²) >= 11 is 0. The van der Waals surface area contributed by atoms with Crippen LogP contribution in [-0.2, 0) is 0 Å². The second kappa shape index (κ2) is 8.23. The van der Waals surface area contributed by atoms with Crippen LogP contribution in [0, 0.1) is 0 Å². The number of nitrogens with zero attached hydrogens (tertiary/aromatic N) is 3. The molecule has 5 heteroatoms. The number of amides is 1. The minimum Gasteiger partial charge on any atom is -0.351 e. The van der Waals surface area contributed by atoms with Gasteiger partial charge in [0.25, 0.3) is 5.91 Å². The third-order valence-corrected chi connectivity index (χ3v) is 5.82. The molecule has 2 aliphatic rings. The highest BCUT2D eigenvalue weighted by molar-refractivity contribution is 5.98. The number of benzene rings is 1. The van der Waals surface area contributed by atoms with Crippen molar-refractivity contribution in [2.75, 3.05) is 52.4 Å². The van der Waals surface area contributed by atoms with E-state index < -0.39 is 0 Å². The SMILES string of the molecule is O=C(c1cc2ccccc2[nH]1)N1CCN(CCCN2CCCCC2)CC1. The molecule has 0 saturated carbocycles. The molecule has 0 atom stereocenters. The third kappa shape index (κ3) is 4.10. The normalized spacial score (nSPS) is 19.9. The van der Waals surface area contributed by atoms with Gasteiger partial charge in [-0.3, -0.25) is 9.69 Å². The predicted molar refractivity (Wildman–Crippen MR) is 106 cm³/mol. The van der Waals surface area contributed by atoms with Crippen molar-refractivity contribution in [2.45, 2.75) is 25.7 Å². The van der Waals surface area contributed by atoms with Crippen molar-refractivity contribution < 1.29 is 4.79 Å². The number of hydrogen-bond acceptors (Lipinski definition) is 3. The quantitative estimate of drug-likeness (QED) is 0.898. The summed E-state index contributed by atoms with van der Waals surface area (Å²) in [7, 11) is 0. The van der Waals surface area contributed by atoms with Crippen molar-refractivity contribution in [3.05, 3.63) is 36.0 Å². The zero-order valence-corrected chi connectivity index (χ0v) is 15.6. The van der Waals surface area contributed by atoms with Gasteiger partial charge in [-0.1, -0.05) is 24.6 Å². The van der Waals surface area contributed by atoms with E-state index in [1.165, 1.54) is 45.3 Å². The van der Waals surface area contributed by atoms with Crippen molar-refractivity contribution in [3.63, 3.8) is 0 Å². The lowest BCUT2D eigenvalue weighted by Gasteiger charge is -2.35. The summed E-state index contributed by atoms with van der Waals surface area (Å²) in [5.74, 6) is 0.133. The van der Waals surface area contributed by atoms with Gasteiger partial charge < -0.3 is 14.8 Å². The van der Waals surface area contributed by atoms with Crippen LogP contribution in [0.25, 0.3) is 10.9 Å². The number of para-hydroxylation sites is 1. The van der Waals surface area contributed by atoms with E-state index in [-0.39, 0.29) is 5.91 Å². The molecule has 2 saturated heterocycles. The molecule has 2 fully saturated rings. The Morgan fingerprint density at radius 1 is 0.885 bits per heavy atom. The highest BCUT2D eigenvalue weighted by Crippen LogP contribution is 2.17. The Hall–Kier alpha value is -1.85. The number of nitrogens with one attached hydrogen (secondary N) is 1. The lowest BCUT2D eigenvalue weighted by atomic mass is 10.1. The van der Waals surface area contributed by atoms with Gasteiger partial charge in [0.2, 0.25) is 0 Å². The van der Waals surface area contributed by atoms with Crippen LogP contribution in [-0.4, -0.2) is 77.9 Å². The molecule has 5 nitrogen and oxygen atoms in total. The van der Waals surface area contributed by atoms with Gasteiger partial charge in [0, 0.05) is 37.1 Å². The van der Waals surface area contributed by atoms with Crippen molar-refractivity contribution in [3.8, 4) is 0 Å². The highest BCUT2D eigenvalue weighted by atomic mass is 16.2. The number of piperidine rings is 1. The van der Waals surface area contributed by atoms with Crippen LogP contribution in [0.15, 0.2) is 30.3 Å². The van der Waals surface area contributed by atoms with E-state index in [1.54, 1.807) is 0 Å². The van der Waals surface area contributed by atoms with E-state index in [4.69, 9.17) is 0 Å². The highest BCUT2D eigenvalue weighted by Gasteiger charge is 2.23. The number of fused-ring (bicyclic) bond motifs is 1. The number of carbonyl (C=O) groups is 1. The van der Waals surface area contributed by atoms with Gasteiger partial charge in [-0.15, -0.1) is 0 Å². The summed E-state index contributed by atoms with van der Waals surface area (Å²) in [6.07, 6.45) is 5.39. The number of H-pyrrole nitrogens is 1. The third-order valence-electron chi connectivity index (χ3n) is 5.82. The molecule has 3 heterocycles. The predicted octanol–water partition coefficient (Wildman–Crippen LogP) is 2.80. The molecule has 1 amide bonds. The number of hydrogen-bond donors (Lipinski definition) is 1. The number of carbonyl (C=O) groups excluding carboxylic acids is 1. The molecule has 0 radical (unpaired) electrons. The fourth-order valence-corrected chi connectivity index (χ4v) is 4.23. The van der Waals surface area contributed by atoms with E-state index in [1.807, 2.05) is 35.2 Å². The van der Waals surface area contributed by atoms with Gasteiger partial charge in [-0.25, -0.2) is 0 Å². The lowest BCUT2D eigenvalue weighted by Crippen LogP contribution is -2.49. The van der Waals surface area contributed by atoms with Gasteiger partial charge in [0.1, 0.15) is 5.69 Å². The fraction of sp³-hybridized carbons (Fsp3) is 0.571. The van der Waals surface area contributed by atoms with Crippen LogP contribution >= 0.6 is 0 Å². The standard InChI is InChI=1S/C21H30N4O/c26-21(20-17-18-7-2-3-8-19(18)22-20)25-15-13-24(14-16-25)12-6-11-23-9-4-1-5-10-23/h2-3,7-8,17,22H,1,4-6,9-16H2. The van der Waals surface area contributed by atoms with Gasteiger partial charge in [-0.2, -0.15) is 0 Å². The molecule has 2 aliphatic heterocycles. The Kier molecular flexibility index (Phi) is 5.56. The minimum absolute atomic E-state index is 0.133. The molecule has 1 aromatic heterocycles. The molecule has 0 aliphatic carbocycles. The smallest absolute Gasteiger partial charge is 0.270 e. The van der Waals surface area contributed by atoms with Gasteiger partial charge in [-0.05, 0) is 57.6 Å². The Morgan fingerprint density at radius 2 is 1.58 bits per heavy atom. The van der Waals surface area contributed by atoms with Crippen molar-refractivity contribution in [2.24, 2.45) is 0 Å². The molecule has 140 valence electrons. The maximum absolute atomic E-state index is 12.8. The first-order valence-electron chi connectivity index (χ1n) is 10.1. The zero-order chi connectivity index (χ0) is 17.8. The number of aromatic nitrogens is 1. The first-order valence-corrected chi connectivity index (χ1v) is 10.1. The average Bonchev–Trinajstić information content (AvgIpc) is 3.13. The molecule has 1 N–H and O–H groups in total. The first-order chi connectivity index (χ1) is 12.8. The van der Waals surface area contributed by atoms with Crippen molar-refractivity contribution in [1.29, 1.82) is 0 Å². The van der Waals surface area contributed by atoms with E-state index in [2.05, 4.69) is 14.8 Å². The molecule has 4 rings (SSSR count). The summed E-state index contributed by atoms with van der Waals surface area (Å²) in [4.78, 5) is 23.1. The van der Waals surface area contributed by atoms with E-state index in [0.29, 0.717) is 5.69 Å². The monoisotopic (exact) mass is 354 g/mol. The molecule has 0 bridgehead atoms. The van der Waals surface area contributed by atoms with Crippen LogP contribution in [0.5, 0.6) is 0 Å². The maximum Gasteiger partial charge on any atom is 0.270 e. The Bertz CT molecular complexity index is 693. The van der Waals surface area contributed by atoms with Crippen LogP contribution in [0.4, 0.5) is 0 Å². The van der Waals surface area contributed by atoms with E-state index >= 15 is 0 Å². The second-order valence-electron chi connectivity index (χ2n) is 7.66. The summed E-state index contributed by atoms with van der Waals surface area (Å²) < 4.78 is 0. The summed E-state index contributed by atoms with van der Waals surface area (Å²) in [5, 5.41) is 1.10. The molecular formula is C21H30N4O. The number of rotatable bonds is 5. The number of piperazine rings is 1. The van der Waals surface area contributed by atoms with Gasteiger partial charge in [0.15, 0.2) is 0 Å². The van der Waals surface area contributed by atoms with E-state index in [9.17, 15) is 4.79 Å². The summed E-state index contributed by atoms with van der Waals surface area (Å²) in [6.45, 7) is 8.60. The first kappa shape index (κ1) is 17.6. The molecule has 0 unspecified atom stereocenters. The second-order valence-corrected chi connectivity index (χ2v) is 7.66. The van der Waals surface area contributed by atoms with Crippen molar-refractivity contribution in [1.82, 2.24) is 19.7 Å². The fourth-order valence-electron chi connectivity index (χ4n) is 4.23. The summed E-state index contributed by atoms with van der Waals surface area (Å²) in [6, 6.07) is 10.0.